The number of aliphatic imine (C=N–C) groups is 1. The summed E-state index contributed by atoms with van der Waals surface area (Å²) in [5.74, 6) is 0.755. The van der Waals surface area contributed by atoms with Crippen molar-refractivity contribution in [3.63, 3.8) is 0 Å². The zero-order valence-electron chi connectivity index (χ0n) is 15.2. The summed E-state index contributed by atoms with van der Waals surface area (Å²) in [6, 6.07) is 10.2. The van der Waals surface area contributed by atoms with Crippen LogP contribution in [0.4, 0.5) is 0 Å². The Kier molecular flexibility index (Phi) is 6.25. The van der Waals surface area contributed by atoms with Crippen LogP contribution in [0.2, 0.25) is 0 Å². The molecule has 1 aliphatic heterocycles. The molecule has 3 rings (SSSR count). The molecule has 2 heterocycles. The molecule has 1 unspecified atom stereocenters. The van der Waals surface area contributed by atoms with Crippen molar-refractivity contribution in [3.05, 3.63) is 48.3 Å². The molecule has 0 saturated carbocycles. The lowest BCUT2D eigenvalue weighted by atomic mass is 9.84. The zero-order chi connectivity index (χ0) is 18.2. The van der Waals surface area contributed by atoms with Crippen molar-refractivity contribution < 1.29 is 9.84 Å². The highest BCUT2D eigenvalue weighted by molar-refractivity contribution is 5.79. The highest BCUT2D eigenvalue weighted by Crippen LogP contribution is 2.31. The number of hydrogen-bond acceptors (Lipinski definition) is 4. The molecule has 1 aromatic heterocycles. The number of hydrogen-bond donors (Lipinski definition) is 3. The van der Waals surface area contributed by atoms with Crippen molar-refractivity contribution in [2.75, 3.05) is 33.4 Å². The molecule has 3 N–H and O–H groups in total. The van der Waals surface area contributed by atoms with Gasteiger partial charge in [-0.1, -0.05) is 12.1 Å². The van der Waals surface area contributed by atoms with Gasteiger partial charge in [-0.05, 0) is 36.6 Å². The van der Waals surface area contributed by atoms with Gasteiger partial charge >= 0.3 is 0 Å². The normalized spacial score (nSPS) is 20.3. The molecule has 0 aliphatic carbocycles. The summed E-state index contributed by atoms with van der Waals surface area (Å²) in [6.45, 7) is 3.05. The molecule has 1 saturated heterocycles. The maximum Gasteiger partial charge on any atom is 0.191 e. The SMILES string of the molecule is CN=C(NCc1ccc(-n2cccn2)cc1)NCC1(CCO)CCOC1. The van der Waals surface area contributed by atoms with Crippen LogP contribution in [-0.2, 0) is 11.3 Å². The van der Waals surface area contributed by atoms with Crippen LogP contribution < -0.4 is 10.6 Å². The summed E-state index contributed by atoms with van der Waals surface area (Å²) in [4.78, 5) is 4.29. The maximum atomic E-state index is 9.32. The Hall–Kier alpha value is -2.38. The second kappa shape index (κ2) is 8.82. The number of ether oxygens (including phenoxy) is 1. The summed E-state index contributed by atoms with van der Waals surface area (Å²) in [5.41, 5.74) is 2.20. The minimum Gasteiger partial charge on any atom is -0.396 e. The third kappa shape index (κ3) is 4.62. The van der Waals surface area contributed by atoms with Crippen molar-refractivity contribution in [1.29, 1.82) is 0 Å². The van der Waals surface area contributed by atoms with E-state index in [1.807, 2.05) is 29.1 Å². The van der Waals surface area contributed by atoms with Gasteiger partial charge in [0.2, 0.25) is 0 Å². The van der Waals surface area contributed by atoms with Crippen LogP contribution in [-0.4, -0.2) is 54.3 Å². The molecule has 1 atom stereocenters. The highest BCUT2D eigenvalue weighted by Gasteiger charge is 2.34. The van der Waals surface area contributed by atoms with E-state index in [1.54, 1.807) is 13.2 Å². The van der Waals surface area contributed by atoms with Crippen LogP contribution in [0.5, 0.6) is 0 Å². The summed E-state index contributed by atoms with van der Waals surface area (Å²) < 4.78 is 7.37. The molecule has 0 radical (unpaired) electrons. The lowest BCUT2D eigenvalue weighted by Gasteiger charge is -2.27. The number of aromatic nitrogens is 2. The predicted molar refractivity (Wildman–Crippen MR) is 101 cm³/mol. The summed E-state index contributed by atoms with van der Waals surface area (Å²) in [6.07, 6.45) is 5.40. The molecule has 0 amide bonds. The average molecular weight is 357 g/mol. The van der Waals surface area contributed by atoms with Crippen molar-refractivity contribution in [1.82, 2.24) is 20.4 Å². The minimum atomic E-state index is -0.00220. The van der Waals surface area contributed by atoms with Crippen molar-refractivity contribution in [3.8, 4) is 5.69 Å². The Morgan fingerprint density at radius 1 is 1.35 bits per heavy atom. The zero-order valence-corrected chi connectivity index (χ0v) is 15.2. The van der Waals surface area contributed by atoms with Crippen LogP contribution in [0.1, 0.15) is 18.4 Å². The molecule has 0 spiro atoms. The number of nitrogens with one attached hydrogen (secondary N) is 2. The largest absolute Gasteiger partial charge is 0.396 e. The predicted octanol–water partition coefficient (Wildman–Crippen LogP) is 1.33. The second-order valence-electron chi connectivity index (χ2n) is 6.67. The van der Waals surface area contributed by atoms with E-state index in [9.17, 15) is 5.11 Å². The first-order valence-corrected chi connectivity index (χ1v) is 8.97. The smallest absolute Gasteiger partial charge is 0.191 e. The number of guanidine groups is 1. The van der Waals surface area contributed by atoms with Crippen LogP contribution in [0.25, 0.3) is 5.69 Å². The Bertz CT molecular complexity index is 691. The number of rotatable bonds is 7. The molecule has 1 fully saturated rings. The quantitative estimate of drug-likeness (QED) is 0.514. The van der Waals surface area contributed by atoms with E-state index in [-0.39, 0.29) is 12.0 Å². The average Bonchev–Trinajstić information content (AvgIpc) is 3.35. The van der Waals surface area contributed by atoms with Gasteiger partial charge in [0, 0.05) is 51.2 Å². The fraction of sp³-hybridized carbons (Fsp3) is 0.474. The monoisotopic (exact) mass is 357 g/mol. The van der Waals surface area contributed by atoms with E-state index < -0.39 is 0 Å². The Morgan fingerprint density at radius 3 is 2.81 bits per heavy atom. The van der Waals surface area contributed by atoms with Crippen LogP contribution >= 0.6 is 0 Å². The highest BCUT2D eigenvalue weighted by atomic mass is 16.5. The summed E-state index contributed by atoms with van der Waals surface area (Å²) in [5, 5.41) is 20.3. The second-order valence-corrected chi connectivity index (χ2v) is 6.67. The van der Waals surface area contributed by atoms with Crippen LogP contribution in [0.3, 0.4) is 0 Å². The van der Waals surface area contributed by atoms with Crippen molar-refractivity contribution >= 4 is 5.96 Å². The Morgan fingerprint density at radius 2 is 2.19 bits per heavy atom. The lowest BCUT2D eigenvalue weighted by molar-refractivity contribution is 0.127. The van der Waals surface area contributed by atoms with E-state index >= 15 is 0 Å². The summed E-state index contributed by atoms with van der Waals surface area (Å²) >= 11 is 0. The van der Waals surface area contributed by atoms with Crippen LogP contribution in [0, 0.1) is 5.41 Å². The molecule has 7 heteroatoms. The van der Waals surface area contributed by atoms with Gasteiger partial charge in [0.15, 0.2) is 5.96 Å². The van der Waals surface area contributed by atoms with Gasteiger partial charge in [-0.2, -0.15) is 5.10 Å². The van der Waals surface area contributed by atoms with Gasteiger partial charge in [-0.3, -0.25) is 4.99 Å². The van der Waals surface area contributed by atoms with E-state index in [0.717, 1.165) is 43.2 Å². The number of aliphatic hydroxyl groups is 1. The van der Waals surface area contributed by atoms with Crippen molar-refractivity contribution in [2.45, 2.75) is 19.4 Å². The van der Waals surface area contributed by atoms with E-state index in [1.165, 1.54) is 0 Å². The topological polar surface area (TPSA) is 83.7 Å². The molecular formula is C19H27N5O2. The first-order valence-electron chi connectivity index (χ1n) is 8.97. The Labute approximate surface area is 154 Å². The Balaban J connectivity index is 1.51. The number of aliphatic hydroxyl groups excluding tert-OH is 1. The molecule has 0 bridgehead atoms. The molecule has 2 aromatic rings. The molecule has 1 aliphatic rings. The lowest BCUT2D eigenvalue weighted by Crippen LogP contribution is -2.44. The van der Waals surface area contributed by atoms with Gasteiger partial charge in [0.25, 0.3) is 0 Å². The van der Waals surface area contributed by atoms with Crippen LogP contribution in [0.15, 0.2) is 47.7 Å². The maximum absolute atomic E-state index is 9.32. The fourth-order valence-corrected chi connectivity index (χ4v) is 3.18. The molecular weight excluding hydrogens is 330 g/mol. The first kappa shape index (κ1) is 18.4. The third-order valence-electron chi connectivity index (χ3n) is 4.85. The van der Waals surface area contributed by atoms with Gasteiger partial charge in [0.1, 0.15) is 0 Å². The van der Waals surface area contributed by atoms with Gasteiger partial charge in [-0.25, -0.2) is 4.68 Å². The minimum absolute atomic E-state index is 0.00220. The first-order chi connectivity index (χ1) is 12.7. The molecule has 26 heavy (non-hydrogen) atoms. The number of benzene rings is 1. The van der Waals surface area contributed by atoms with Gasteiger partial charge < -0.3 is 20.5 Å². The van der Waals surface area contributed by atoms with Gasteiger partial charge in [-0.15, -0.1) is 0 Å². The molecule has 140 valence electrons. The standard InChI is InChI=1S/C19H27N5O2/c1-20-18(22-14-19(7-11-25)8-12-26-15-19)21-13-16-3-5-17(6-4-16)24-10-2-9-23-24/h2-6,9-10,25H,7-8,11-15H2,1H3,(H2,20,21,22). The molecule has 1 aromatic carbocycles. The van der Waals surface area contributed by atoms with Gasteiger partial charge in [0.05, 0.1) is 12.3 Å². The third-order valence-corrected chi connectivity index (χ3v) is 4.85. The van der Waals surface area contributed by atoms with E-state index in [4.69, 9.17) is 4.74 Å². The summed E-state index contributed by atoms with van der Waals surface area (Å²) in [7, 11) is 1.76. The number of nitrogens with zero attached hydrogens (tertiary/aromatic N) is 3. The van der Waals surface area contributed by atoms with Crippen molar-refractivity contribution in [2.24, 2.45) is 10.4 Å². The van der Waals surface area contributed by atoms with E-state index in [2.05, 4.69) is 32.9 Å². The fourth-order valence-electron chi connectivity index (χ4n) is 3.18. The van der Waals surface area contributed by atoms with E-state index in [0.29, 0.717) is 13.2 Å². The molecule has 7 nitrogen and oxygen atoms in total.